The van der Waals surface area contributed by atoms with Crippen LogP contribution in [0.1, 0.15) is 31.1 Å². The normalized spacial score (nSPS) is 22.9. The van der Waals surface area contributed by atoms with Crippen molar-refractivity contribution in [2.45, 2.75) is 32.7 Å². The molecular weight excluding hydrogens is 348 g/mol. The van der Waals surface area contributed by atoms with Crippen LogP contribution in [0.4, 0.5) is 0 Å². The summed E-state index contributed by atoms with van der Waals surface area (Å²) in [5.41, 5.74) is 0.274. The Morgan fingerprint density at radius 3 is 3.00 bits per heavy atom. The van der Waals surface area contributed by atoms with Gasteiger partial charge in [-0.2, -0.15) is 0 Å². The first-order valence-electron chi connectivity index (χ1n) is 7.83. The Morgan fingerprint density at radius 1 is 1.52 bits per heavy atom. The van der Waals surface area contributed by atoms with Crippen LogP contribution in [-0.4, -0.2) is 44.8 Å². The molecule has 1 fully saturated rings. The van der Waals surface area contributed by atoms with Crippen molar-refractivity contribution in [2.24, 2.45) is 5.41 Å². The molecule has 21 heavy (non-hydrogen) atoms. The maximum atomic E-state index is 5.80. The molecule has 1 N–H and O–H groups in total. The average Bonchev–Trinajstić information content (AvgIpc) is 2.85. The van der Waals surface area contributed by atoms with Crippen LogP contribution in [0.15, 0.2) is 15.9 Å². The minimum absolute atomic E-state index is 0.274. The van der Waals surface area contributed by atoms with Crippen LogP contribution in [-0.2, 0) is 11.3 Å². The molecule has 0 saturated carbocycles. The lowest BCUT2D eigenvalue weighted by Gasteiger charge is -2.40. The summed E-state index contributed by atoms with van der Waals surface area (Å²) in [7, 11) is 2.23. The molecule has 2 rings (SSSR count). The van der Waals surface area contributed by atoms with E-state index in [1.54, 1.807) is 0 Å². The van der Waals surface area contributed by atoms with E-state index >= 15 is 0 Å². The van der Waals surface area contributed by atoms with Gasteiger partial charge in [0.05, 0.1) is 6.61 Å². The minimum Gasteiger partial charge on any atom is -0.381 e. The molecule has 0 amide bonds. The van der Waals surface area contributed by atoms with Gasteiger partial charge >= 0.3 is 0 Å². The van der Waals surface area contributed by atoms with Gasteiger partial charge < -0.3 is 15.0 Å². The molecular formula is C16H27BrN2OS. The maximum absolute atomic E-state index is 5.80. The van der Waals surface area contributed by atoms with Gasteiger partial charge in [-0.15, -0.1) is 11.3 Å². The zero-order chi connectivity index (χ0) is 15.1. The number of thiophene rings is 1. The predicted molar refractivity (Wildman–Crippen MR) is 94.0 cm³/mol. The fourth-order valence-corrected chi connectivity index (χ4v) is 4.62. The molecule has 0 radical (unpaired) electrons. The molecule has 1 aliphatic heterocycles. The first kappa shape index (κ1) is 17.4. The molecule has 1 saturated heterocycles. The van der Waals surface area contributed by atoms with E-state index in [0.29, 0.717) is 0 Å². The van der Waals surface area contributed by atoms with Crippen molar-refractivity contribution in [3.05, 3.63) is 20.8 Å². The molecule has 120 valence electrons. The van der Waals surface area contributed by atoms with Crippen LogP contribution in [0.3, 0.4) is 0 Å². The summed E-state index contributed by atoms with van der Waals surface area (Å²) in [6.07, 6.45) is 3.64. The smallest absolute Gasteiger partial charge is 0.0546 e. The molecule has 1 aromatic rings. The Bertz CT molecular complexity index is 418. The fourth-order valence-electron chi connectivity index (χ4n) is 3.09. The standard InChI is InChI=1S/C16H27BrN2OS/c1-3-6-18-11-16(5-4-7-20-13-16)12-19(2)9-15-8-14(17)10-21-15/h8,10,18H,3-7,9,11-13H2,1-2H3. The number of hydrogen-bond acceptors (Lipinski definition) is 4. The summed E-state index contributed by atoms with van der Waals surface area (Å²) in [5.74, 6) is 0. The highest BCUT2D eigenvalue weighted by molar-refractivity contribution is 9.10. The Hall–Kier alpha value is 0.0600. The highest BCUT2D eigenvalue weighted by Crippen LogP contribution is 2.30. The van der Waals surface area contributed by atoms with E-state index in [2.05, 4.69) is 51.6 Å². The highest BCUT2D eigenvalue weighted by Gasteiger charge is 2.33. The van der Waals surface area contributed by atoms with Crippen molar-refractivity contribution < 1.29 is 4.74 Å². The molecule has 0 aromatic carbocycles. The molecule has 1 atom stereocenters. The number of nitrogens with one attached hydrogen (secondary N) is 1. The van der Waals surface area contributed by atoms with E-state index in [-0.39, 0.29) is 5.41 Å². The number of nitrogens with zero attached hydrogens (tertiary/aromatic N) is 1. The Labute approximate surface area is 141 Å². The van der Waals surface area contributed by atoms with Crippen LogP contribution in [0.2, 0.25) is 0 Å². The number of halogens is 1. The van der Waals surface area contributed by atoms with Crippen molar-refractivity contribution in [3.63, 3.8) is 0 Å². The van der Waals surface area contributed by atoms with Gasteiger partial charge in [0, 0.05) is 46.4 Å². The number of ether oxygens (including phenoxy) is 1. The van der Waals surface area contributed by atoms with Gasteiger partial charge in [-0.25, -0.2) is 0 Å². The Kier molecular flexibility index (Phi) is 7.16. The van der Waals surface area contributed by atoms with Crippen molar-refractivity contribution in [2.75, 3.05) is 39.9 Å². The summed E-state index contributed by atoms with van der Waals surface area (Å²) in [6.45, 7) is 8.32. The van der Waals surface area contributed by atoms with E-state index in [9.17, 15) is 0 Å². The molecule has 0 aliphatic carbocycles. The molecule has 0 bridgehead atoms. The van der Waals surface area contributed by atoms with Crippen LogP contribution < -0.4 is 5.32 Å². The number of hydrogen-bond donors (Lipinski definition) is 1. The van der Waals surface area contributed by atoms with Crippen LogP contribution in [0, 0.1) is 5.41 Å². The highest BCUT2D eigenvalue weighted by atomic mass is 79.9. The van der Waals surface area contributed by atoms with Gasteiger partial charge in [0.15, 0.2) is 0 Å². The van der Waals surface area contributed by atoms with Gasteiger partial charge in [-0.05, 0) is 54.9 Å². The van der Waals surface area contributed by atoms with Gasteiger partial charge in [0.2, 0.25) is 0 Å². The van der Waals surface area contributed by atoms with Gasteiger partial charge in [0.25, 0.3) is 0 Å². The van der Waals surface area contributed by atoms with E-state index in [0.717, 1.165) is 39.4 Å². The largest absolute Gasteiger partial charge is 0.381 e. The van der Waals surface area contributed by atoms with Gasteiger partial charge in [-0.1, -0.05) is 6.92 Å². The average molecular weight is 375 g/mol. The molecule has 1 aromatic heterocycles. The van der Waals surface area contributed by atoms with E-state index in [4.69, 9.17) is 4.74 Å². The van der Waals surface area contributed by atoms with Gasteiger partial charge in [-0.3, -0.25) is 0 Å². The van der Waals surface area contributed by atoms with Crippen molar-refractivity contribution in [1.82, 2.24) is 10.2 Å². The van der Waals surface area contributed by atoms with Crippen LogP contribution >= 0.6 is 27.3 Å². The van der Waals surface area contributed by atoms with E-state index in [1.165, 1.54) is 28.6 Å². The molecule has 1 aliphatic rings. The summed E-state index contributed by atoms with van der Waals surface area (Å²) in [4.78, 5) is 3.86. The lowest BCUT2D eigenvalue weighted by Crippen LogP contribution is -2.48. The first-order valence-corrected chi connectivity index (χ1v) is 9.51. The van der Waals surface area contributed by atoms with Crippen LogP contribution in [0.25, 0.3) is 0 Å². The zero-order valence-electron chi connectivity index (χ0n) is 13.2. The van der Waals surface area contributed by atoms with Crippen LogP contribution in [0.5, 0.6) is 0 Å². The molecule has 5 heteroatoms. The third kappa shape index (κ3) is 5.64. The van der Waals surface area contributed by atoms with Gasteiger partial charge in [0.1, 0.15) is 0 Å². The van der Waals surface area contributed by atoms with E-state index in [1.807, 2.05) is 11.3 Å². The second-order valence-electron chi connectivity index (χ2n) is 6.24. The molecule has 0 spiro atoms. The molecule has 3 nitrogen and oxygen atoms in total. The fraction of sp³-hybridized carbons (Fsp3) is 0.750. The quantitative estimate of drug-likeness (QED) is 0.701. The summed E-state index contributed by atoms with van der Waals surface area (Å²) >= 11 is 5.36. The minimum atomic E-state index is 0.274. The summed E-state index contributed by atoms with van der Waals surface area (Å²) < 4.78 is 6.99. The lowest BCUT2D eigenvalue weighted by atomic mass is 9.81. The maximum Gasteiger partial charge on any atom is 0.0546 e. The van der Waals surface area contributed by atoms with Crippen molar-refractivity contribution in [1.29, 1.82) is 0 Å². The zero-order valence-corrected chi connectivity index (χ0v) is 15.6. The monoisotopic (exact) mass is 374 g/mol. The third-order valence-corrected chi connectivity index (χ3v) is 5.67. The van der Waals surface area contributed by atoms with Crippen molar-refractivity contribution in [3.8, 4) is 0 Å². The Morgan fingerprint density at radius 2 is 2.38 bits per heavy atom. The second kappa shape index (κ2) is 8.63. The number of rotatable bonds is 8. The lowest BCUT2D eigenvalue weighted by molar-refractivity contribution is -0.0235. The summed E-state index contributed by atoms with van der Waals surface area (Å²) in [5, 5.41) is 5.77. The SMILES string of the molecule is CCCNCC1(CN(C)Cc2cc(Br)cs2)CCCOC1. The van der Waals surface area contributed by atoms with Crippen molar-refractivity contribution >= 4 is 27.3 Å². The predicted octanol–water partition coefficient (Wildman–Crippen LogP) is 3.74. The van der Waals surface area contributed by atoms with E-state index < -0.39 is 0 Å². The molecule has 2 heterocycles. The second-order valence-corrected chi connectivity index (χ2v) is 8.15. The molecule has 1 unspecified atom stereocenters. The topological polar surface area (TPSA) is 24.5 Å². The first-order chi connectivity index (χ1) is 10.1. The summed E-state index contributed by atoms with van der Waals surface area (Å²) in [6, 6.07) is 2.22. The third-order valence-electron chi connectivity index (χ3n) is 3.98. The Balaban J connectivity index is 1.90.